The second kappa shape index (κ2) is 6.16. The fourth-order valence-corrected chi connectivity index (χ4v) is 2.50. The molecule has 0 radical (unpaired) electrons. The molecule has 0 aliphatic rings. The van der Waals surface area contributed by atoms with Crippen LogP contribution in [0.15, 0.2) is 15.9 Å². The van der Waals surface area contributed by atoms with Crippen molar-refractivity contribution in [3.8, 4) is 0 Å². The summed E-state index contributed by atoms with van der Waals surface area (Å²) in [6.07, 6.45) is 1.26. The van der Waals surface area contributed by atoms with Gasteiger partial charge in [-0.15, -0.1) is 11.3 Å². The Bertz CT molecular complexity index is 301. The van der Waals surface area contributed by atoms with Crippen molar-refractivity contribution in [1.82, 2.24) is 5.32 Å². The summed E-state index contributed by atoms with van der Waals surface area (Å²) in [5.74, 6) is -0.232. The van der Waals surface area contributed by atoms with Crippen molar-refractivity contribution in [2.24, 2.45) is 5.73 Å². The van der Waals surface area contributed by atoms with Gasteiger partial charge in [0.05, 0.1) is 0 Å². The first kappa shape index (κ1) is 11.7. The van der Waals surface area contributed by atoms with Crippen molar-refractivity contribution in [3.63, 3.8) is 0 Å². The lowest BCUT2D eigenvalue weighted by Gasteiger charge is -2.02. The lowest BCUT2D eigenvalue weighted by Crippen LogP contribution is -2.17. The molecule has 0 bridgehead atoms. The van der Waals surface area contributed by atoms with E-state index < -0.39 is 0 Å². The highest BCUT2D eigenvalue weighted by atomic mass is 79.9. The molecule has 0 saturated heterocycles. The van der Waals surface area contributed by atoms with E-state index in [9.17, 15) is 4.79 Å². The van der Waals surface area contributed by atoms with Gasteiger partial charge in [-0.25, -0.2) is 0 Å². The third kappa shape index (κ3) is 4.21. The Hall–Kier alpha value is -0.390. The predicted octanol–water partition coefficient (Wildman–Crippen LogP) is 1.87. The summed E-state index contributed by atoms with van der Waals surface area (Å²) in [7, 11) is 0. The van der Waals surface area contributed by atoms with E-state index in [0.29, 0.717) is 6.42 Å². The van der Waals surface area contributed by atoms with Gasteiger partial charge in [0.25, 0.3) is 0 Å². The van der Waals surface area contributed by atoms with E-state index in [1.54, 1.807) is 11.3 Å². The van der Waals surface area contributed by atoms with Crippen LogP contribution in [0, 0.1) is 0 Å². The van der Waals surface area contributed by atoms with Crippen LogP contribution >= 0.6 is 27.3 Å². The number of primary amides is 1. The summed E-state index contributed by atoms with van der Waals surface area (Å²) in [4.78, 5) is 11.7. The molecule has 0 aliphatic carbocycles. The Morgan fingerprint density at radius 2 is 2.43 bits per heavy atom. The number of rotatable bonds is 6. The zero-order chi connectivity index (χ0) is 10.4. The molecule has 0 atom stereocenters. The number of hydrogen-bond acceptors (Lipinski definition) is 3. The molecule has 0 aromatic carbocycles. The predicted molar refractivity (Wildman–Crippen MR) is 62.2 cm³/mol. The van der Waals surface area contributed by atoms with Gasteiger partial charge in [0.1, 0.15) is 0 Å². The number of hydrogen-bond donors (Lipinski definition) is 2. The highest BCUT2D eigenvalue weighted by Crippen LogP contribution is 2.21. The molecule has 0 fully saturated rings. The smallest absolute Gasteiger partial charge is 0.217 e. The molecule has 14 heavy (non-hydrogen) atoms. The van der Waals surface area contributed by atoms with E-state index in [2.05, 4.69) is 21.2 Å². The molecule has 78 valence electrons. The second-order valence-electron chi connectivity index (χ2n) is 2.94. The van der Waals surface area contributed by atoms with Gasteiger partial charge in [0.2, 0.25) is 5.91 Å². The number of nitrogens with one attached hydrogen (secondary N) is 1. The molecule has 0 saturated carbocycles. The van der Waals surface area contributed by atoms with Gasteiger partial charge in [0, 0.05) is 22.3 Å². The van der Waals surface area contributed by atoms with Crippen LogP contribution in [0.3, 0.4) is 0 Å². The first-order valence-electron chi connectivity index (χ1n) is 4.41. The monoisotopic (exact) mass is 276 g/mol. The molecule has 1 rings (SSSR count). The third-order valence-corrected chi connectivity index (χ3v) is 3.68. The minimum absolute atomic E-state index is 0.232. The molecule has 0 unspecified atom stereocenters. The summed E-state index contributed by atoms with van der Waals surface area (Å²) < 4.78 is 1.14. The molecule has 1 amide bonds. The maximum atomic E-state index is 10.4. The van der Waals surface area contributed by atoms with Crippen LogP contribution < -0.4 is 11.1 Å². The van der Waals surface area contributed by atoms with E-state index in [4.69, 9.17) is 5.73 Å². The fourth-order valence-electron chi connectivity index (χ4n) is 1.04. The van der Waals surface area contributed by atoms with Gasteiger partial charge in [-0.2, -0.15) is 0 Å². The fraction of sp³-hybridized carbons (Fsp3) is 0.444. The van der Waals surface area contributed by atoms with Crippen molar-refractivity contribution in [2.45, 2.75) is 19.4 Å². The second-order valence-corrected chi connectivity index (χ2v) is 4.79. The molecule has 1 aromatic heterocycles. The number of nitrogens with two attached hydrogens (primary N) is 1. The average Bonchev–Trinajstić information content (AvgIpc) is 2.51. The lowest BCUT2D eigenvalue weighted by molar-refractivity contribution is -0.118. The normalized spacial score (nSPS) is 10.4. The average molecular weight is 277 g/mol. The highest BCUT2D eigenvalue weighted by molar-refractivity contribution is 9.10. The number of thiophene rings is 1. The summed E-state index contributed by atoms with van der Waals surface area (Å²) in [5, 5.41) is 5.30. The van der Waals surface area contributed by atoms with Crippen molar-refractivity contribution < 1.29 is 4.79 Å². The standard InChI is InChI=1S/C9H13BrN2OS/c10-7-3-5-14-8(7)6-12-4-1-2-9(11)13/h3,5,12H,1-2,4,6H2,(H2,11,13). The summed E-state index contributed by atoms with van der Waals surface area (Å²) >= 11 is 5.17. The van der Waals surface area contributed by atoms with Gasteiger partial charge in [-0.3, -0.25) is 4.79 Å². The SMILES string of the molecule is NC(=O)CCCNCc1sccc1Br. The summed E-state index contributed by atoms with van der Waals surface area (Å²) in [6.45, 7) is 1.67. The molecule has 5 heteroatoms. The van der Waals surface area contributed by atoms with E-state index in [1.807, 2.05) is 11.4 Å². The molecule has 1 heterocycles. The maximum Gasteiger partial charge on any atom is 0.217 e. The summed E-state index contributed by atoms with van der Waals surface area (Å²) in [6, 6.07) is 2.03. The summed E-state index contributed by atoms with van der Waals surface area (Å²) in [5.41, 5.74) is 5.02. The molecule has 1 aromatic rings. The topological polar surface area (TPSA) is 55.1 Å². The Kier molecular flexibility index (Phi) is 5.14. The van der Waals surface area contributed by atoms with Crippen LogP contribution in [0.2, 0.25) is 0 Å². The van der Waals surface area contributed by atoms with E-state index in [1.165, 1.54) is 4.88 Å². The first-order valence-corrected chi connectivity index (χ1v) is 6.08. The Labute approximate surface area is 95.8 Å². The van der Waals surface area contributed by atoms with Gasteiger partial charge in [-0.05, 0) is 40.3 Å². The minimum Gasteiger partial charge on any atom is -0.370 e. The van der Waals surface area contributed by atoms with Crippen molar-refractivity contribution in [1.29, 1.82) is 0 Å². The zero-order valence-electron chi connectivity index (χ0n) is 7.75. The quantitative estimate of drug-likeness (QED) is 0.780. The van der Waals surface area contributed by atoms with Crippen LogP contribution in [0.5, 0.6) is 0 Å². The molecule has 3 N–H and O–H groups in total. The van der Waals surface area contributed by atoms with Gasteiger partial charge in [0.15, 0.2) is 0 Å². The van der Waals surface area contributed by atoms with Gasteiger partial charge < -0.3 is 11.1 Å². The number of amides is 1. The van der Waals surface area contributed by atoms with E-state index >= 15 is 0 Å². The third-order valence-electron chi connectivity index (χ3n) is 1.75. The van der Waals surface area contributed by atoms with Crippen molar-refractivity contribution >= 4 is 33.2 Å². The molecule has 3 nitrogen and oxygen atoms in total. The lowest BCUT2D eigenvalue weighted by atomic mass is 10.3. The molecule has 0 aliphatic heterocycles. The Balaban J connectivity index is 2.10. The van der Waals surface area contributed by atoms with Crippen LogP contribution in [-0.2, 0) is 11.3 Å². The highest BCUT2D eigenvalue weighted by Gasteiger charge is 2.00. The molecular weight excluding hydrogens is 264 g/mol. The number of halogens is 1. The molecule has 0 spiro atoms. The van der Waals surface area contributed by atoms with Crippen molar-refractivity contribution in [2.75, 3.05) is 6.54 Å². The minimum atomic E-state index is -0.232. The maximum absolute atomic E-state index is 10.4. The molecular formula is C9H13BrN2OS. The van der Waals surface area contributed by atoms with Crippen LogP contribution in [0.25, 0.3) is 0 Å². The Morgan fingerprint density at radius 3 is 3.00 bits per heavy atom. The van der Waals surface area contributed by atoms with Crippen molar-refractivity contribution in [3.05, 3.63) is 20.8 Å². The van der Waals surface area contributed by atoms with Gasteiger partial charge in [-0.1, -0.05) is 0 Å². The van der Waals surface area contributed by atoms with Crippen LogP contribution in [0.1, 0.15) is 17.7 Å². The van der Waals surface area contributed by atoms with Crippen LogP contribution in [0.4, 0.5) is 0 Å². The Morgan fingerprint density at radius 1 is 1.64 bits per heavy atom. The largest absolute Gasteiger partial charge is 0.370 e. The van der Waals surface area contributed by atoms with E-state index in [-0.39, 0.29) is 5.91 Å². The first-order chi connectivity index (χ1) is 6.70. The number of carbonyl (C=O) groups is 1. The zero-order valence-corrected chi connectivity index (χ0v) is 10.2. The van der Waals surface area contributed by atoms with E-state index in [0.717, 1.165) is 24.0 Å². The van der Waals surface area contributed by atoms with Gasteiger partial charge >= 0.3 is 0 Å². The van der Waals surface area contributed by atoms with Crippen LogP contribution in [-0.4, -0.2) is 12.5 Å². The number of carbonyl (C=O) groups excluding carboxylic acids is 1.